The van der Waals surface area contributed by atoms with Gasteiger partial charge in [0.1, 0.15) is 11.5 Å². The molecule has 1 aliphatic heterocycles. The van der Waals surface area contributed by atoms with Gasteiger partial charge in [-0.25, -0.2) is 4.39 Å². The Morgan fingerprint density at radius 1 is 1.45 bits per heavy atom. The number of carbonyl (C=O) groups is 1. The molecule has 22 heavy (non-hydrogen) atoms. The number of amides is 1. The van der Waals surface area contributed by atoms with Crippen molar-refractivity contribution >= 4 is 5.91 Å². The Balaban J connectivity index is 1.68. The van der Waals surface area contributed by atoms with E-state index in [1.165, 1.54) is 12.3 Å². The molecule has 1 aliphatic carbocycles. The largest absolute Gasteiger partial charge is 0.380 e. The smallest absolute Gasteiger partial charge is 0.270 e. The average molecular weight is 309 g/mol. The van der Waals surface area contributed by atoms with Gasteiger partial charge in [-0.15, -0.1) is 0 Å². The lowest BCUT2D eigenvalue weighted by Crippen LogP contribution is -2.49. The quantitative estimate of drug-likeness (QED) is 0.924. The fourth-order valence-electron chi connectivity index (χ4n) is 3.88. The Kier molecular flexibility index (Phi) is 4.49. The van der Waals surface area contributed by atoms with Crippen molar-refractivity contribution in [3.8, 4) is 0 Å². The molecular weight excluding hydrogens is 285 g/mol. The number of likely N-dealkylation sites (N-methyl/N-ethyl adjacent to an activating group) is 1. The maximum absolute atomic E-state index is 13.1. The molecular formula is C16H24FN3O2. The molecule has 6 heteroatoms. The van der Waals surface area contributed by atoms with Crippen molar-refractivity contribution in [1.82, 2.24) is 14.8 Å². The third kappa shape index (κ3) is 2.90. The Morgan fingerprint density at radius 2 is 2.27 bits per heavy atom. The first-order chi connectivity index (χ1) is 10.6. The Hall–Kier alpha value is -1.40. The number of nitrogens with zero attached hydrogens (tertiary/aromatic N) is 2. The molecule has 3 rings (SSSR count). The summed E-state index contributed by atoms with van der Waals surface area (Å²) in [6.45, 7) is 1.97. The van der Waals surface area contributed by atoms with E-state index in [-0.39, 0.29) is 11.9 Å². The Morgan fingerprint density at radius 3 is 2.91 bits per heavy atom. The minimum atomic E-state index is -0.401. The molecule has 0 radical (unpaired) electrons. The molecule has 5 nitrogen and oxygen atoms in total. The summed E-state index contributed by atoms with van der Waals surface area (Å²) in [4.78, 5) is 19.5. The van der Waals surface area contributed by atoms with Crippen LogP contribution in [0.1, 0.15) is 36.2 Å². The van der Waals surface area contributed by atoms with Gasteiger partial charge in [0, 0.05) is 51.6 Å². The molecule has 1 unspecified atom stereocenters. The van der Waals surface area contributed by atoms with Gasteiger partial charge in [-0.1, -0.05) is 0 Å². The van der Waals surface area contributed by atoms with E-state index in [2.05, 4.69) is 9.88 Å². The number of aromatic nitrogens is 1. The number of rotatable bonds is 4. The summed E-state index contributed by atoms with van der Waals surface area (Å²) in [5.74, 6) is -0.537. The van der Waals surface area contributed by atoms with Gasteiger partial charge in [0.15, 0.2) is 0 Å². The Labute approximate surface area is 130 Å². The molecule has 1 aromatic rings. The fraction of sp³-hybridized carbons (Fsp3) is 0.688. The molecule has 0 aromatic carbocycles. The first-order valence-electron chi connectivity index (χ1n) is 7.98. The van der Waals surface area contributed by atoms with E-state index in [1.807, 2.05) is 7.05 Å². The maximum Gasteiger partial charge on any atom is 0.270 e. The van der Waals surface area contributed by atoms with Crippen molar-refractivity contribution in [3.05, 3.63) is 23.8 Å². The van der Waals surface area contributed by atoms with Crippen molar-refractivity contribution < 1.29 is 13.9 Å². The molecule has 2 fully saturated rings. The minimum absolute atomic E-state index is 0.136. The zero-order chi connectivity index (χ0) is 15.7. The van der Waals surface area contributed by atoms with Crippen molar-refractivity contribution in [2.45, 2.75) is 43.9 Å². The van der Waals surface area contributed by atoms with Crippen molar-refractivity contribution in [2.75, 3.05) is 27.2 Å². The number of methoxy groups -OCH3 is 1. The van der Waals surface area contributed by atoms with Gasteiger partial charge in [0.05, 0.1) is 6.10 Å². The number of H-pyrrole nitrogens is 1. The van der Waals surface area contributed by atoms with E-state index in [0.29, 0.717) is 17.8 Å². The molecule has 0 bridgehead atoms. The zero-order valence-electron chi connectivity index (χ0n) is 13.2. The molecule has 2 aliphatic rings. The predicted molar refractivity (Wildman–Crippen MR) is 81.3 cm³/mol. The summed E-state index contributed by atoms with van der Waals surface area (Å²) >= 11 is 0. The van der Waals surface area contributed by atoms with Gasteiger partial charge in [-0.2, -0.15) is 0 Å². The number of carbonyl (C=O) groups excluding carboxylic acids is 1. The first kappa shape index (κ1) is 15.5. The number of aromatic amines is 1. The maximum atomic E-state index is 13.1. The lowest BCUT2D eigenvalue weighted by Gasteiger charge is -2.35. The monoisotopic (exact) mass is 309 g/mol. The van der Waals surface area contributed by atoms with Crippen LogP contribution >= 0.6 is 0 Å². The lowest BCUT2D eigenvalue weighted by atomic mass is 10.1. The van der Waals surface area contributed by atoms with E-state index < -0.39 is 5.82 Å². The van der Waals surface area contributed by atoms with Gasteiger partial charge >= 0.3 is 0 Å². The van der Waals surface area contributed by atoms with E-state index >= 15 is 0 Å². The summed E-state index contributed by atoms with van der Waals surface area (Å²) in [5.41, 5.74) is 0.321. The summed E-state index contributed by atoms with van der Waals surface area (Å²) in [7, 11) is 3.59. The zero-order valence-corrected chi connectivity index (χ0v) is 13.2. The molecule has 122 valence electrons. The molecule has 1 saturated heterocycles. The highest BCUT2D eigenvalue weighted by molar-refractivity contribution is 5.92. The van der Waals surface area contributed by atoms with Crippen LogP contribution in [0.4, 0.5) is 4.39 Å². The van der Waals surface area contributed by atoms with Crippen LogP contribution in [0, 0.1) is 5.82 Å². The van der Waals surface area contributed by atoms with Crippen LogP contribution in [0.5, 0.6) is 0 Å². The number of hydrogen-bond acceptors (Lipinski definition) is 3. The second kappa shape index (κ2) is 6.38. The van der Waals surface area contributed by atoms with Crippen LogP contribution < -0.4 is 0 Å². The molecule has 1 N–H and O–H groups in total. The summed E-state index contributed by atoms with van der Waals surface area (Å²) in [6, 6.07) is 1.84. The van der Waals surface area contributed by atoms with Crippen LogP contribution in [-0.4, -0.2) is 66.1 Å². The van der Waals surface area contributed by atoms with Gasteiger partial charge in [-0.3, -0.25) is 9.69 Å². The third-order valence-electron chi connectivity index (χ3n) is 5.12. The summed E-state index contributed by atoms with van der Waals surface area (Å²) in [5, 5.41) is 0. The Bertz CT molecular complexity index is 533. The molecule has 3 atom stereocenters. The van der Waals surface area contributed by atoms with Crippen molar-refractivity contribution in [2.24, 2.45) is 0 Å². The van der Waals surface area contributed by atoms with E-state index in [1.54, 1.807) is 12.0 Å². The topological polar surface area (TPSA) is 48.6 Å². The molecule has 1 saturated carbocycles. The lowest BCUT2D eigenvalue weighted by molar-refractivity contribution is 0.0600. The normalized spacial score (nSPS) is 29.1. The van der Waals surface area contributed by atoms with Crippen molar-refractivity contribution in [1.29, 1.82) is 0 Å². The highest BCUT2D eigenvalue weighted by Gasteiger charge is 2.39. The highest BCUT2D eigenvalue weighted by Crippen LogP contribution is 2.31. The molecule has 1 amide bonds. The predicted octanol–water partition coefficient (Wildman–Crippen LogP) is 1.87. The number of hydrogen-bond donors (Lipinski definition) is 1. The molecule has 1 aromatic heterocycles. The van der Waals surface area contributed by atoms with E-state index in [0.717, 1.165) is 38.8 Å². The number of nitrogens with one attached hydrogen (secondary N) is 1. The number of ether oxygens (including phenoxy) is 1. The van der Waals surface area contributed by atoms with Gasteiger partial charge in [0.25, 0.3) is 5.91 Å². The van der Waals surface area contributed by atoms with Crippen LogP contribution in [0.3, 0.4) is 0 Å². The van der Waals surface area contributed by atoms with Crippen LogP contribution in [0.25, 0.3) is 0 Å². The fourth-order valence-corrected chi connectivity index (χ4v) is 3.88. The average Bonchev–Trinajstić information content (AvgIpc) is 3.24. The number of halogens is 1. The summed E-state index contributed by atoms with van der Waals surface area (Å²) < 4.78 is 18.6. The van der Waals surface area contributed by atoms with E-state index in [9.17, 15) is 9.18 Å². The van der Waals surface area contributed by atoms with Crippen LogP contribution in [-0.2, 0) is 4.74 Å². The van der Waals surface area contributed by atoms with Crippen LogP contribution in [0.2, 0.25) is 0 Å². The van der Waals surface area contributed by atoms with Gasteiger partial charge in [0.2, 0.25) is 0 Å². The molecule has 2 heterocycles. The second-order valence-corrected chi connectivity index (χ2v) is 6.35. The molecule has 0 spiro atoms. The van der Waals surface area contributed by atoms with Crippen molar-refractivity contribution in [3.63, 3.8) is 0 Å². The van der Waals surface area contributed by atoms with Gasteiger partial charge in [-0.05, 0) is 25.7 Å². The number of likely N-dealkylation sites (tertiary alicyclic amines) is 1. The standard InChI is InChI=1S/C16H24FN3O2/c1-19(16(21)13-8-11(17)9-18-13)14-4-3-5-15(14)20-7-6-12(10-20)22-2/h8-9,12,14-15,18H,3-7,10H2,1-2H3/t12?,14-,15+/m1/s1. The minimum Gasteiger partial charge on any atom is -0.380 e. The third-order valence-corrected chi connectivity index (χ3v) is 5.12. The highest BCUT2D eigenvalue weighted by atomic mass is 19.1. The summed E-state index contributed by atoms with van der Waals surface area (Å²) in [6.07, 6.45) is 5.82. The van der Waals surface area contributed by atoms with Gasteiger partial charge < -0.3 is 14.6 Å². The first-order valence-corrected chi connectivity index (χ1v) is 7.98. The van der Waals surface area contributed by atoms with E-state index in [4.69, 9.17) is 4.74 Å². The second-order valence-electron chi connectivity index (χ2n) is 6.35. The SMILES string of the molecule is COC1CCN([C@H]2CCC[C@H]2N(C)C(=O)c2cc(F)c[nH]2)C1. The van der Waals surface area contributed by atoms with Crippen LogP contribution in [0.15, 0.2) is 12.3 Å².